The van der Waals surface area contributed by atoms with E-state index in [1.165, 1.54) is 11.8 Å². The number of carbonyl (C=O) groups is 1. The van der Waals surface area contributed by atoms with E-state index in [0.717, 1.165) is 16.0 Å². The van der Waals surface area contributed by atoms with Gasteiger partial charge in [-0.1, -0.05) is 41.4 Å². The Morgan fingerprint density at radius 2 is 1.95 bits per heavy atom. The third kappa shape index (κ3) is 4.29. The number of carboxylic acid groups (broad SMARTS) is 1. The summed E-state index contributed by atoms with van der Waals surface area (Å²) >= 11 is 7.29. The van der Waals surface area contributed by atoms with Crippen molar-refractivity contribution < 1.29 is 9.90 Å². The Kier molecular flexibility index (Phi) is 5.10. The minimum absolute atomic E-state index is 0.453. The number of aryl methyl sites for hydroxylation is 1. The Balaban J connectivity index is 2.11. The molecule has 0 heterocycles. The molecule has 0 aromatic heterocycles. The average Bonchev–Trinajstić information content (AvgIpc) is 2.40. The predicted molar refractivity (Wildman–Crippen MR) is 83.6 cm³/mol. The molecule has 0 fully saturated rings. The molecule has 1 atom stereocenters. The number of hydrogen-bond donors (Lipinski definition) is 1. The zero-order chi connectivity index (χ0) is 14.5. The van der Waals surface area contributed by atoms with Gasteiger partial charge in [-0.2, -0.15) is 0 Å². The molecule has 0 saturated carbocycles. The van der Waals surface area contributed by atoms with Crippen molar-refractivity contribution in [3.63, 3.8) is 0 Å². The molecule has 0 unspecified atom stereocenters. The number of halogens is 1. The monoisotopic (exact) mass is 306 g/mol. The molecule has 2 rings (SSSR count). The van der Waals surface area contributed by atoms with Gasteiger partial charge in [0.1, 0.15) is 5.25 Å². The lowest BCUT2D eigenvalue weighted by molar-refractivity contribution is -0.136. The topological polar surface area (TPSA) is 37.3 Å². The minimum Gasteiger partial charge on any atom is -0.480 e. The summed E-state index contributed by atoms with van der Waals surface area (Å²) in [5, 5.41) is 9.48. The fourth-order valence-corrected chi connectivity index (χ4v) is 3.05. The number of carboxylic acids is 1. The van der Waals surface area contributed by atoms with Crippen LogP contribution in [0.25, 0.3) is 0 Å². The summed E-state index contributed by atoms with van der Waals surface area (Å²) in [7, 11) is 0. The van der Waals surface area contributed by atoms with Crippen molar-refractivity contribution in [1.29, 1.82) is 0 Å². The molecule has 2 aromatic carbocycles. The van der Waals surface area contributed by atoms with E-state index in [1.54, 1.807) is 6.07 Å². The zero-order valence-electron chi connectivity index (χ0n) is 11.0. The summed E-state index contributed by atoms with van der Waals surface area (Å²) < 4.78 is 0. The number of rotatable bonds is 5. The number of hydrogen-bond acceptors (Lipinski definition) is 2. The lowest BCUT2D eigenvalue weighted by Gasteiger charge is -2.12. The van der Waals surface area contributed by atoms with Crippen LogP contribution < -0.4 is 0 Å². The molecule has 4 heteroatoms. The number of aliphatic carboxylic acids is 1. The Labute approximate surface area is 127 Å². The molecule has 0 spiro atoms. The first-order chi connectivity index (χ1) is 9.54. The summed E-state index contributed by atoms with van der Waals surface area (Å²) in [4.78, 5) is 12.4. The highest BCUT2D eigenvalue weighted by Crippen LogP contribution is 2.27. The summed E-state index contributed by atoms with van der Waals surface area (Å²) in [6.07, 6.45) is 0.453. The molecule has 0 aliphatic heterocycles. The maximum atomic E-state index is 11.4. The van der Waals surface area contributed by atoms with Crippen molar-refractivity contribution in [3.05, 3.63) is 64.7 Å². The molecular formula is C16H15ClO2S. The molecule has 2 nitrogen and oxygen atoms in total. The van der Waals surface area contributed by atoms with Gasteiger partial charge >= 0.3 is 5.97 Å². The zero-order valence-corrected chi connectivity index (χ0v) is 12.6. The van der Waals surface area contributed by atoms with Crippen LogP contribution >= 0.6 is 23.4 Å². The number of benzene rings is 2. The second-order valence-corrected chi connectivity index (χ2v) is 6.30. The lowest BCUT2D eigenvalue weighted by Crippen LogP contribution is -2.19. The third-order valence-electron chi connectivity index (χ3n) is 2.88. The largest absolute Gasteiger partial charge is 0.480 e. The van der Waals surface area contributed by atoms with E-state index in [0.29, 0.717) is 11.4 Å². The summed E-state index contributed by atoms with van der Waals surface area (Å²) in [5.74, 6) is -0.810. The van der Waals surface area contributed by atoms with Crippen LogP contribution in [0.4, 0.5) is 0 Å². The molecule has 0 amide bonds. The van der Waals surface area contributed by atoms with Gasteiger partial charge in [-0.25, -0.2) is 0 Å². The summed E-state index contributed by atoms with van der Waals surface area (Å²) in [5.41, 5.74) is 2.10. The first-order valence-electron chi connectivity index (χ1n) is 6.25. The molecule has 2 aromatic rings. The fraction of sp³-hybridized carbons (Fsp3) is 0.188. The molecule has 1 N–H and O–H groups in total. The molecule has 0 radical (unpaired) electrons. The van der Waals surface area contributed by atoms with Crippen molar-refractivity contribution in [3.8, 4) is 0 Å². The Hall–Kier alpha value is -1.45. The third-order valence-corrected chi connectivity index (χ3v) is 4.32. The Bertz CT molecular complexity index is 596. The first-order valence-corrected chi connectivity index (χ1v) is 7.51. The van der Waals surface area contributed by atoms with E-state index >= 15 is 0 Å². The van der Waals surface area contributed by atoms with E-state index in [4.69, 9.17) is 11.6 Å². The van der Waals surface area contributed by atoms with Crippen LogP contribution in [0.5, 0.6) is 0 Å². The van der Waals surface area contributed by atoms with Crippen LogP contribution in [0.15, 0.2) is 53.4 Å². The van der Waals surface area contributed by atoms with Crippen molar-refractivity contribution in [2.45, 2.75) is 23.5 Å². The SMILES string of the molecule is Cc1ccc(S[C@H](Cc2cccc(Cl)c2)C(=O)O)cc1. The number of thioether (sulfide) groups is 1. The Morgan fingerprint density at radius 1 is 1.25 bits per heavy atom. The summed E-state index contributed by atoms with van der Waals surface area (Å²) in [6.45, 7) is 2.01. The highest BCUT2D eigenvalue weighted by atomic mass is 35.5. The highest BCUT2D eigenvalue weighted by molar-refractivity contribution is 8.00. The molecular weight excluding hydrogens is 292 g/mol. The molecule has 0 bridgehead atoms. The normalized spacial score (nSPS) is 12.1. The van der Waals surface area contributed by atoms with Gasteiger partial charge in [-0.05, 0) is 43.2 Å². The van der Waals surface area contributed by atoms with Crippen LogP contribution in [0, 0.1) is 6.92 Å². The van der Waals surface area contributed by atoms with Gasteiger partial charge in [0, 0.05) is 9.92 Å². The predicted octanol–water partition coefficient (Wildman–Crippen LogP) is 4.44. The van der Waals surface area contributed by atoms with Crippen LogP contribution in [0.2, 0.25) is 5.02 Å². The van der Waals surface area contributed by atoms with Gasteiger partial charge in [0.2, 0.25) is 0 Å². The molecule has 0 saturated heterocycles. The molecule has 20 heavy (non-hydrogen) atoms. The minimum atomic E-state index is -0.810. The maximum absolute atomic E-state index is 11.4. The van der Waals surface area contributed by atoms with Crippen molar-refractivity contribution in [2.75, 3.05) is 0 Å². The van der Waals surface area contributed by atoms with Gasteiger partial charge < -0.3 is 5.11 Å². The second kappa shape index (κ2) is 6.82. The quantitative estimate of drug-likeness (QED) is 0.830. The van der Waals surface area contributed by atoms with Crippen LogP contribution in [0.1, 0.15) is 11.1 Å². The van der Waals surface area contributed by atoms with Crippen molar-refractivity contribution >= 4 is 29.3 Å². The first kappa shape index (κ1) is 14.9. The van der Waals surface area contributed by atoms with Gasteiger partial charge in [0.15, 0.2) is 0 Å². The van der Waals surface area contributed by atoms with Crippen LogP contribution in [0.3, 0.4) is 0 Å². The maximum Gasteiger partial charge on any atom is 0.317 e. The highest BCUT2D eigenvalue weighted by Gasteiger charge is 2.19. The summed E-state index contributed by atoms with van der Waals surface area (Å²) in [6, 6.07) is 15.2. The van der Waals surface area contributed by atoms with Gasteiger partial charge in [-0.15, -0.1) is 11.8 Å². The van der Waals surface area contributed by atoms with Gasteiger partial charge in [0.05, 0.1) is 0 Å². The Morgan fingerprint density at radius 3 is 2.55 bits per heavy atom. The smallest absolute Gasteiger partial charge is 0.317 e. The second-order valence-electron chi connectivity index (χ2n) is 4.59. The van der Waals surface area contributed by atoms with Crippen LogP contribution in [-0.4, -0.2) is 16.3 Å². The van der Waals surface area contributed by atoms with E-state index in [2.05, 4.69) is 0 Å². The van der Waals surface area contributed by atoms with Gasteiger partial charge in [0.25, 0.3) is 0 Å². The van der Waals surface area contributed by atoms with E-state index in [-0.39, 0.29) is 0 Å². The average molecular weight is 307 g/mol. The van der Waals surface area contributed by atoms with Crippen molar-refractivity contribution in [1.82, 2.24) is 0 Å². The van der Waals surface area contributed by atoms with Crippen LogP contribution in [-0.2, 0) is 11.2 Å². The van der Waals surface area contributed by atoms with E-state index < -0.39 is 11.2 Å². The molecule has 0 aliphatic carbocycles. The molecule has 104 valence electrons. The standard InChI is InChI=1S/C16H15ClO2S/c1-11-5-7-14(8-6-11)20-15(16(18)19)10-12-3-2-4-13(17)9-12/h2-9,15H,10H2,1H3,(H,18,19)/t15-/m1/s1. The fourth-order valence-electron chi connectivity index (χ4n) is 1.84. The van der Waals surface area contributed by atoms with E-state index in [1.807, 2.05) is 49.4 Å². The van der Waals surface area contributed by atoms with Crippen molar-refractivity contribution in [2.24, 2.45) is 0 Å². The van der Waals surface area contributed by atoms with Gasteiger partial charge in [-0.3, -0.25) is 4.79 Å². The van der Waals surface area contributed by atoms with E-state index in [9.17, 15) is 9.90 Å². The molecule has 0 aliphatic rings. The lowest BCUT2D eigenvalue weighted by atomic mass is 10.1.